The van der Waals surface area contributed by atoms with Crippen molar-refractivity contribution in [3.8, 4) is 0 Å². The van der Waals surface area contributed by atoms with Crippen molar-refractivity contribution in [2.24, 2.45) is 0 Å². The summed E-state index contributed by atoms with van der Waals surface area (Å²) in [6.45, 7) is 3.09. The van der Waals surface area contributed by atoms with E-state index >= 15 is 0 Å². The van der Waals surface area contributed by atoms with Crippen molar-refractivity contribution in [3.63, 3.8) is 0 Å². The van der Waals surface area contributed by atoms with E-state index in [1.807, 2.05) is 6.20 Å². The molecule has 1 unspecified atom stereocenters. The van der Waals surface area contributed by atoms with Crippen LogP contribution in [0.15, 0.2) is 12.3 Å². The van der Waals surface area contributed by atoms with Crippen LogP contribution in [0.4, 0.5) is 0 Å². The number of hydrogen-bond acceptors (Lipinski definition) is 2. The average molecular weight is 208 g/mol. The molecule has 0 aromatic carbocycles. The van der Waals surface area contributed by atoms with Crippen LogP contribution in [0.5, 0.6) is 0 Å². The van der Waals surface area contributed by atoms with E-state index in [1.54, 1.807) is 0 Å². The van der Waals surface area contributed by atoms with Crippen molar-refractivity contribution in [3.05, 3.63) is 12.3 Å². The second kappa shape index (κ2) is 4.75. The number of hydrogen-bond donors (Lipinski definition) is 0. The number of aromatic nitrogens is 2. The van der Waals surface area contributed by atoms with Crippen LogP contribution in [-0.4, -0.2) is 25.9 Å². The quantitative estimate of drug-likeness (QED) is 0.701. The van der Waals surface area contributed by atoms with E-state index in [9.17, 15) is 0 Å². The first-order valence-corrected chi connectivity index (χ1v) is 6.51. The highest BCUT2D eigenvalue weighted by molar-refractivity contribution is 6.52. The second-order valence-corrected chi connectivity index (χ2v) is 5.09. The largest absolute Gasteiger partial charge is 0.357 e. The highest BCUT2D eigenvalue weighted by atomic mass is 28.2. The first kappa shape index (κ1) is 9.92. The summed E-state index contributed by atoms with van der Waals surface area (Å²) in [4.78, 5) is 0. The first-order valence-electron chi connectivity index (χ1n) is 5.31. The molecule has 2 heterocycles. The van der Waals surface area contributed by atoms with Gasteiger partial charge in [-0.2, -0.15) is 5.10 Å². The zero-order valence-electron chi connectivity index (χ0n) is 8.57. The first-order chi connectivity index (χ1) is 6.92. The predicted molar refractivity (Wildman–Crippen MR) is 56.9 cm³/mol. The van der Waals surface area contributed by atoms with Crippen LogP contribution >= 0.6 is 0 Å². The number of rotatable bonds is 3. The van der Waals surface area contributed by atoms with E-state index < -0.39 is 0 Å². The van der Waals surface area contributed by atoms with E-state index in [0.717, 1.165) is 22.5 Å². The average Bonchev–Trinajstić information content (AvgIpc) is 2.68. The molecule has 1 aliphatic heterocycles. The molecule has 1 aromatic heterocycles. The van der Waals surface area contributed by atoms with Gasteiger partial charge in [-0.3, -0.25) is 0 Å². The maximum atomic E-state index is 5.71. The van der Waals surface area contributed by atoms with Crippen LogP contribution in [0.2, 0.25) is 6.04 Å². The molecule has 1 aromatic rings. The predicted octanol–water partition coefficient (Wildman–Crippen LogP) is 1.35. The van der Waals surface area contributed by atoms with Crippen molar-refractivity contribution in [1.82, 2.24) is 9.78 Å². The summed E-state index contributed by atoms with van der Waals surface area (Å²) in [7, 11) is 0.855. The molecule has 0 aliphatic carbocycles. The van der Waals surface area contributed by atoms with Crippen molar-refractivity contribution in [2.45, 2.75) is 38.5 Å². The SMILES string of the molecule is CC[Si]c1ccnn1C1CCCCO1. The lowest BCUT2D eigenvalue weighted by Crippen LogP contribution is -2.31. The maximum Gasteiger partial charge on any atom is 0.149 e. The van der Waals surface area contributed by atoms with Gasteiger partial charge in [-0.05, 0) is 25.3 Å². The Morgan fingerprint density at radius 3 is 3.29 bits per heavy atom. The molecule has 1 fully saturated rings. The van der Waals surface area contributed by atoms with E-state index in [4.69, 9.17) is 4.74 Å². The summed E-state index contributed by atoms with van der Waals surface area (Å²) in [5.41, 5.74) is 0. The molecule has 0 N–H and O–H groups in total. The fourth-order valence-corrected chi connectivity index (χ4v) is 2.70. The Labute approximate surface area is 87.3 Å². The molecule has 0 bridgehead atoms. The molecule has 2 radical (unpaired) electrons. The Kier molecular flexibility index (Phi) is 3.37. The lowest BCUT2D eigenvalue weighted by atomic mass is 10.2. The topological polar surface area (TPSA) is 27.1 Å². The van der Waals surface area contributed by atoms with E-state index in [-0.39, 0.29) is 6.23 Å². The fraction of sp³-hybridized carbons (Fsp3) is 0.700. The molecule has 1 aliphatic rings. The minimum Gasteiger partial charge on any atom is -0.357 e. The third kappa shape index (κ3) is 2.07. The molecule has 14 heavy (non-hydrogen) atoms. The second-order valence-electron chi connectivity index (χ2n) is 3.51. The number of nitrogens with zero attached hydrogens (tertiary/aromatic N) is 2. The van der Waals surface area contributed by atoms with Crippen molar-refractivity contribution >= 4 is 14.8 Å². The Balaban J connectivity index is 2.09. The summed E-state index contributed by atoms with van der Waals surface area (Å²) in [5, 5.41) is 5.69. The van der Waals surface area contributed by atoms with Gasteiger partial charge in [0.25, 0.3) is 0 Å². The standard InChI is InChI=1S/C10H16N2OSi/c1-2-14-10-6-7-11-12(10)9-5-3-4-8-13-9/h6-7,9H,2-5,8H2,1H3. The van der Waals surface area contributed by atoms with Gasteiger partial charge in [0.05, 0.1) is 0 Å². The summed E-state index contributed by atoms with van der Waals surface area (Å²) in [6, 6.07) is 3.30. The molecule has 0 amide bonds. The highest BCUT2D eigenvalue weighted by Crippen LogP contribution is 2.20. The summed E-state index contributed by atoms with van der Waals surface area (Å²) in [5.74, 6) is 0. The van der Waals surface area contributed by atoms with E-state index in [0.29, 0.717) is 0 Å². The Morgan fingerprint density at radius 1 is 1.64 bits per heavy atom. The van der Waals surface area contributed by atoms with Crippen LogP contribution in [-0.2, 0) is 4.74 Å². The molecule has 1 saturated heterocycles. The van der Waals surface area contributed by atoms with Gasteiger partial charge >= 0.3 is 0 Å². The van der Waals surface area contributed by atoms with Crippen molar-refractivity contribution < 1.29 is 4.74 Å². The third-order valence-corrected chi connectivity index (χ3v) is 3.57. The summed E-state index contributed by atoms with van der Waals surface area (Å²) >= 11 is 0. The van der Waals surface area contributed by atoms with Gasteiger partial charge in [-0.15, -0.1) is 0 Å². The van der Waals surface area contributed by atoms with Crippen LogP contribution in [0.1, 0.15) is 32.4 Å². The fourth-order valence-electron chi connectivity index (χ4n) is 1.78. The maximum absolute atomic E-state index is 5.71. The van der Waals surface area contributed by atoms with Crippen LogP contribution < -0.4 is 5.32 Å². The van der Waals surface area contributed by atoms with Gasteiger partial charge in [-0.1, -0.05) is 13.0 Å². The van der Waals surface area contributed by atoms with Gasteiger partial charge < -0.3 is 4.74 Å². The monoisotopic (exact) mass is 208 g/mol. The van der Waals surface area contributed by atoms with E-state index in [2.05, 4.69) is 22.8 Å². The Morgan fingerprint density at radius 2 is 2.57 bits per heavy atom. The van der Waals surface area contributed by atoms with Crippen LogP contribution in [0, 0.1) is 0 Å². The molecule has 0 spiro atoms. The third-order valence-electron chi connectivity index (χ3n) is 2.46. The zero-order valence-corrected chi connectivity index (χ0v) is 9.57. The van der Waals surface area contributed by atoms with Gasteiger partial charge in [0, 0.05) is 18.1 Å². The molecular formula is C10H16N2OSi. The molecular weight excluding hydrogens is 192 g/mol. The highest BCUT2D eigenvalue weighted by Gasteiger charge is 2.18. The van der Waals surface area contributed by atoms with E-state index in [1.165, 1.54) is 24.2 Å². The molecule has 76 valence electrons. The smallest absolute Gasteiger partial charge is 0.149 e. The van der Waals surface area contributed by atoms with Gasteiger partial charge in [0.1, 0.15) is 15.7 Å². The molecule has 3 nitrogen and oxygen atoms in total. The van der Waals surface area contributed by atoms with Crippen LogP contribution in [0.25, 0.3) is 0 Å². The summed E-state index contributed by atoms with van der Waals surface area (Å²) < 4.78 is 7.78. The van der Waals surface area contributed by atoms with Gasteiger partial charge in [-0.25, -0.2) is 4.68 Å². The number of ether oxygens (including phenoxy) is 1. The molecule has 1 atom stereocenters. The van der Waals surface area contributed by atoms with Gasteiger partial charge in [0.15, 0.2) is 0 Å². The Bertz CT molecular complexity index is 281. The van der Waals surface area contributed by atoms with Crippen LogP contribution in [0.3, 0.4) is 0 Å². The van der Waals surface area contributed by atoms with Crippen molar-refractivity contribution in [2.75, 3.05) is 6.61 Å². The lowest BCUT2D eigenvalue weighted by Gasteiger charge is -2.24. The van der Waals surface area contributed by atoms with Gasteiger partial charge in [0.2, 0.25) is 0 Å². The van der Waals surface area contributed by atoms with Crippen molar-refractivity contribution in [1.29, 1.82) is 0 Å². The molecule has 2 rings (SSSR count). The zero-order chi connectivity index (χ0) is 9.80. The lowest BCUT2D eigenvalue weighted by molar-refractivity contribution is -0.0375. The molecule has 0 saturated carbocycles. The minimum atomic E-state index is 0.202. The molecule has 4 heteroatoms. The minimum absolute atomic E-state index is 0.202. The normalized spacial score (nSPS) is 22.5. The Hall–Kier alpha value is -0.613. The summed E-state index contributed by atoms with van der Waals surface area (Å²) in [6.07, 6.45) is 5.66.